The molecule has 2 aliphatic carbocycles. The molecular formula is C20H21ClFN5O. The summed E-state index contributed by atoms with van der Waals surface area (Å²) in [6.45, 7) is 0.204. The van der Waals surface area contributed by atoms with Crippen LogP contribution in [0.25, 0.3) is 6.08 Å². The first-order valence-electron chi connectivity index (χ1n) is 8.94. The Morgan fingerprint density at radius 1 is 1.43 bits per heavy atom. The van der Waals surface area contributed by atoms with Crippen molar-refractivity contribution in [2.75, 3.05) is 0 Å². The van der Waals surface area contributed by atoms with Gasteiger partial charge in [-0.15, -0.1) is 0 Å². The number of nitrogens with two attached hydrogens (primary N) is 1. The largest absolute Gasteiger partial charge is 0.490 e. The maximum absolute atomic E-state index is 13.1. The number of rotatable bonds is 6. The molecule has 8 heteroatoms. The maximum atomic E-state index is 13.1. The highest BCUT2D eigenvalue weighted by atomic mass is 35.5. The van der Waals surface area contributed by atoms with Gasteiger partial charge in [0.05, 0.1) is 5.70 Å². The normalized spacial score (nSPS) is 18.1. The Balaban J connectivity index is 1.56. The molecule has 0 aromatic carbocycles. The molecule has 0 radical (unpaired) electrons. The van der Waals surface area contributed by atoms with E-state index in [0.717, 1.165) is 30.0 Å². The predicted octanol–water partition coefficient (Wildman–Crippen LogP) is 4.58. The Labute approximate surface area is 167 Å². The number of allylic oxidation sites excluding steroid dienone is 8. The molecule has 0 spiro atoms. The molecule has 0 unspecified atom stereocenters. The number of nitrogens with one attached hydrogen (secondary N) is 1. The number of hydrogen-bond acceptors (Lipinski definition) is 4. The SMILES string of the molecule is NC(/C=C\c1n[nH]c(COC2=CC=CC(F)=CC2)n1)=NC1=CCCCC(Cl)=C1. The Morgan fingerprint density at radius 2 is 2.32 bits per heavy atom. The van der Waals surface area contributed by atoms with Crippen molar-refractivity contribution in [2.45, 2.75) is 32.3 Å². The van der Waals surface area contributed by atoms with Gasteiger partial charge in [0.1, 0.15) is 24.0 Å². The van der Waals surface area contributed by atoms with Crippen molar-refractivity contribution < 1.29 is 9.13 Å². The molecule has 0 bridgehead atoms. The number of halogens is 2. The molecule has 0 saturated heterocycles. The fourth-order valence-electron chi connectivity index (χ4n) is 2.54. The van der Waals surface area contributed by atoms with Crippen LogP contribution in [0.3, 0.4) is 0 Å². The van der Waals surface area contributed by atoms with E-state index in [-0.39, 0.29) is 12.4 Å². The van der Waals surface area contributed by atoms with Gasteiger partial charge in [-0.3, -0.25) is 5.10 Å². The third-order valence-corrected chi connectivity index (χ3v) is 4.22. The zero-order chi connectivity index (χ0) is 19.8. The fourth-order valence-corrected chi connectivity index (χ4v) is 2.78. The molecule has 1 heterocycles. The number of aromatic amines is 1. The van der Waals surface area contributed by atoms with E-state index in [1.54, 1.807) is 24.3 Å². The summed E-state index contributed by atoms with van der Waals surface area (Å²) >= 11 is 6.10. The van der Waals surface area contributed by atoms with Crippen molar-refractivity contribution in [3.8, 4) is 0 Å². The van der Waals surface area contributed by atoms with Crippen LogP contribution in [0.1, 0.15) is 37.3 Å². The van der Waals surface area contributed by atoms with Crippen LogP contribution < -0.4 is 5.73 Å². The van der Waals surface area contributed by atoms with Gasteiger partial charge in [0, 0.05) is 11.5 Å². The van der Waals surface area contributed by atoms with E-state index in [1.807, 2.05) is 12.2 Å². The van der Waals surface area contributed by atoms with E-state index < -0.39 is 0 Å². The van der Waals surface area contributed by atoms with Crippen LogP contribution >= 0.6 is 11.6 Å². The first-order chi connectivity index (χ1) is 13.6. The van der Waals surface area contributed by atoms with Gasteiger partial charge in [-0.1, -0.05) is 23.8 Å². The molecule has 0 atom stereocenters. The Bertz CT molecular complexity index is 918. The second kappa shape index (κ2) is 9.85. The highest BCUT2D eigenvalue weighted by molar-refractivity contribution is 6.29. The van der Waals surface area contributed by atoms with Gasteiger partial charge >= 0.3 is 0 Å². The Morgan fingerprint density at radius 3 is 3.21 bits per heavy atom. The maximum Gasteiger partial charge on any atom is 0.174 e. The molecule has 1 aromatic heterocycles. The van der Waals surface area contributed by atoms with Crippen LogP contribution in [0.4, 0.5) is 4.39 Å². The van der Waals surface area contributed by atoms with Gasteiger partial charge < -0.3 is 10.5 Å². The van der Waals surface area contributed by atoms with E-state index in [9.17, 15) is 4.39 Å². The highest BCUT2D eigenvalue weighted by Crippen LogP contribution is 2.20. The number of aromatic nitrogens is 3. The van der Waals surface area contributed by atoms with E-state index >= 15 is 0 Å². The smallest absolute Gasteiger partial charge is 0.174 e. The first kappa shape index (κ1) is 19.8. The van der Waals surface area contributed by atoms with Crippen molar-refractivity contribution in [2.24, 2.45) is 10.7 Å². The molecule has 146 valence electrons. The third kappa shape index (κ3) is 6.35. The molecule has 3 rings (SSSR count). The van der Waals surface area contributed by atoms with Crippen molar-refractivity contribution in [3.05, 3.63) is 76.5 Å². The molecule has 0 aliphatic heterocycles. The minimum absolute atomic E-state index is 0.204. The lowest BCUT2D eigenvalue weighted by Crippen LogP contribution is -2.07. The lowest BCUT2D eigenvalue weighted by Gasteiger charge is -2.05. The minimum Gasteiger partial charge on any atom is -0.490 e. The number of nitrogens with zero attached hydrogens (tertiary/aromatic N) is 3. The minimum atomic E-state index is -0.279. The fraction of sp³-hybridized carbons (Fsp3) is 0.250. The summed E-state index contributed by atoms with van der Waals surface area (Å²) < 4.78 is 18.8. The van der Waals surface area contributed by atoms with Gasteiger partial charge in [0.15, 0.2) is 11.6 Å². The Hall–Kier alpha value is -2.93. The summed E-state index contributed by atoms with van der Waals surface area (Å²) in [5, 5.41) is 7.67. The molecule has 6 nitrogen and oxygen atoms in total. The summed E-state index contributed by atoms with van der Waals surface area (Å²) in [6.07, 6.45) is 16.5. The number of ether oxygens (including phenoxy) is 1. The van der Waals surface area contributed by atoms with E-state index in [1.165, 1.54) is 12.2 Å². The van der Waals surface area contributed by atoms with Crippen LogP contribution in [0.5, 0.6) is 0 Å². The van der Waals surface area contributed by atoms with Crippen LogP contribution in [-0.4, -0.2) is 21.0 Å². The van der Waals surface area contributed by atoms with Crippen LogP contribution in [0, 0.1) is 0 Å². The van der Waals surface area contributed by atoms with Gasteiger partial charge in [0.2, 0.25) is 0 Å². The molecule has 0 amide bonds. The van der Waals surface area contributed by atoms with Gasteiger partial charge in [-0.05, 0) is 55.7 Å². The van der Waals surface area contributed by atoms with Crippen molar-refractivity contribution in [3.63, 3.8) is 0 Å². The van der Waals surface area contributed by atoms with Crippen LogP contribution in [0.15, 0.2) is 69.8 Å². The van der Waals surface area contributed by atoms with Gasteiger partial charge in [-0.25, -0.2) is 14.4 Å². The van der Waals surface area contributed by atoms with Gasteiger partial charge in [-0.2, -0.15) is 5.10 Å². The quantitative estimate of drug-likeness (QED) is 0.539. The lowest BCUT2D eigenvalue weighted by atomic mass is 10.2. The van der Waals surface area contributed by atoms with Crippen molar-refractivity contribution >= 4 is 23.5 Å². The summed E-state index contributed by atoms with van der Waals surface area (Å²) in [7, 11) is 0. The van der Waals surface area contributed by atoms with Crippen molar-refractivity contribution in [1.29, 1.82) is 0 Å². The van der Waals surface area contributed by atoms with Crippen molar-refractivity contribution in [1.82, 2.24) is 15.2 Å². The monoisotopic (exact) mass is 401 g/mol. The van der Waals surface area contributed by atoms with E-state index in [0.29, 0.717) is 29.7 Å². The molecule has 2 aliphatic rings. The molecule has 1 aromatic rings. The third-order valence-electron chi connectivity index (χ3n) is 3.92. The highest BCUT2D eigenvalue weighted by Gasteiger charge is 2.05. The molecular weight excluding hydrogens is 381 g/mol. The first-order valence-corrected chi connectivity index (χ1v) is 9.32. The van der Waals surface area contributed by atoms with Gasteiger partial charge in [0.25, 0.3) is 0 Å². The molecule has 0 saturated carbocycles. The topological polar surface area (TPSA) is 89.2 Å². The number of hydrogen-bond donors (Lipinski definition) is 2. The second-order valence-corrected chi connectivity index (χ2v) is 6.68. The average Bonchev–Trinajstić information content (AvgIpc) is 2.89. The van der Waals surface area contributed by atoms with Crippen LogP contribution in [-0.2, 0) is 11.3 Å². The zero-order valence-corrected chi connectivity index (χ0v) is 16.0. The summed E-state index contributed by atoms with van der Waals surface area (Å²) in [5.74, 6) is 1.71. The van der Waals surface area contributed by atoms with E-state index in [4.69, 9.17) is 22.1 Å². The molecule has 0 fully saturated rings. The predicted molar refractivity (Wildman–Crippen MR) is 109 cm³/mol. The number of aliphatic imine (C=N–C) groups is 1. The summed E-state index contributed by atoms with van der Waals surface area (Å²) in [6, 6.07) is 0. The van der Waals surface area contributed by atoms with Crippen LogP contribution in [0.2, 0.25) is 0 Å². The number of amidine groups is 1. The average molecular weight is 402 g/mol. The lowest BCUT2D eigenvalue weighted by molar-refractivity contribution is 0.187. The summed E-state index contributed by atoms with van der Waals surface area (Å²) in [4.78, 5) is 8.66. The number of H-pyrrole nitrogens is 1. The molecule has 3 N–H and O–H groups in total. The zero-order valence-electron chi connectivity index (χ0n) is 15.2. The summed E-state index contributed by atoms with van der Waals surface area (Å²) in [5.41, 5.74) is 6.70. The Kier molecular flexibility index (Phi) is 6.97. The second-order valence-electron chi connectivity index (χ2n) is 6.20. The standard InChI is InChI=1S/C20H21ClFN5O/c21-14-4-1-2-6-16(12-14)24-18(23)10-11-19-25-20(27-26-19)13-28-17-7-3-5-15(22)8-9-17/h3,5-8,10-12H,1-2,4,9,13H2,(H2,23,24)(H,25,26,27)/b11-10-. The molecule has 28 heavy (non-hydrogen) atoms. The van der Waals surface area contributed by atoms with E-state index in [2.05, 4.69) is 20.2 Å².